The smallest absolute Gasteiger partial charge is 0.293 e. The SMILES string of the molecule is CCN(CC)S(=O)(=O)c1ccc(N2CCC(c3ncc[nH]3)CC2)c([N+](=O)[O-])c1. The monoisotopic (exact) mass is 407 g/mol. The molecule has 0 atom stereocenters. The van der Waals surface area contributed by atoms with Gasteiger partial charge in [-0.25, -0.2) is 13.4 Å². The van der Waals surface area contributed by atoms with Gasteiger partial charge in [-0.3, -0.25) is 10.1 Å². The number of benzene rings is 1. The van der Waals surface area contributed by atoms with Gasteiger partial charge in [0.25, 0.3) is 5.69 Å². The van der Waals surface area contributed by atoms with E-state index < -0.39 is 14.9 Å². The Balaban J connectivity index is 1.86. The number of anilines is 1. The molecule has 1 saturated heterocycles. The van der Waals surface area contributed by atoms with Crippen molar-refractivity contribution < 1.29 is 13.3 Å². The van der Waals surface area contributed by atoms with E-state index >= 15 is 0 Å². The second-order valence-corrected chi connectivity index (χ2v) is 8.67. The summed E-state index contributed by atoms with van der Waals surface area (Å²) in [4.78, 5) is 20.5. The summed E-state index contributed by atoms with van der Waals surface area (Å²) < 4.78 is 26.7. The lowest BCUT2D eigenvalue weighted by atomic mass is 9.95. The van der Waals surface area contributed by atoms with E-state index in [1.165, 1.54) is 16.4 Å². The summed E-state index contributed by atoms with van der Waals surface area (Å²) in [5, 5.41) is 11.7. The Morgan fingerprint density at radius 3 is 2.50 bits per heavy atom. The Bertz CT molecular complexity index is 917. The van der Waals surface area contributed by atoms with E-state index in [-0.39, 0.29) is 10.6 Å². The van der Waals surface area contributed by atoms with Crippen LogP contribution in [0.5, 0.6) is 0 Å². The molecule has 0 aliphatic carbocycles. The molecule has 1 fully saturated rings. The van der Waals surface area contributed by atoms with E-state index in [9.17, 15) is 18.5 Å². The minimum atomic E-state index is -3.75. The molecule has 0 unspecified atom stereocenters. The van der Waals surface area contributed by atoms with Gasteiger partial charge in [0.1, 0.15) is 11.5 Å². The first-order valence-electron chi connectivity index (χ1n) is 9.41. The highest BCUT2D eigenvalue weighted by Gasteiger charge is 2.29. The quantitative estimate of drug-likeness (QED) is 0.558. The molecule has 152 valence electrons. The third-order valence-electron chi connectivity index (χ3n) is 5.23. The lowest BCUT2D eigenvalue weighted by Gasteiger charge is -2.32. The fourth-order valence-electron chi connectivity index (χ4n) is 3.68. The Morgan fingerprint density at radius 1 is 1.29 bits per heavy atom. The first-order valence-corrected chi connectivity index (χ1v) is 10.8. The standard InChI is InChI=1S/C18H25N5O4S/c1-3-22(4-2)28(26,27)15-5-6-16(17(13-15)23(24)25)21-11-7-14(8-12-21)18-19-9-10-20-18/h5-6,9-10,13-14H,3-4,7-8,11-12H2,1-2H3,(H,19,20). The third-order valence-corrected chi connectivity index (χ3v) is 7.27. The van der Waals surface area contributed by atoms with Crippen LogP contribution in [0.2, 0.25) is 0 Å². The van der Waals surface area contributed by atoms with Crippen LogP contribution in [0.25, 0.3) is 0 Å². The molecule has 0 radical (unpaired) electrons. The highest BCUT2D eigenvalue weighted by Crippen LogP contribution is 2.35. The lowest BCUT2D eigenvalue weighted by molar-refractivity contribution is -0.384. The second kappa shape index (κ2) is 8.27. The predicted octanol–water partition coefficient (Wildman–Crippen LogP) is 2.73. The number of aromatic amines is 1. The molecule has 1 aliphatic heterocycles. The minimum absolute atomic E-state index is 0.0443. The summed E-state index contributed by atoms with van der Waals surface area (Å²) in [5.74, 6) is 1.24. The maximum Gasteiger partial charge on any atom is 0.293 e. The van der Waals surface area contributed by atoms with Crippen molar-refractivity contribution in [3.63, 3.8) is 0 Å². The number of nitro benzene ring substituents is 1. The van der Waals surface area contributed by atoms with E-state index in [1.54, 1.807) is 32.3 Å². The zero-order chi connectivity index (χ0) is 20.3. The van der Waals surface area contributed by atoms with E-state index in [1.807, 2.05) is 4.90 Å². The normalized spacial score (nSPS) is 15.9. The highest BCUT2D eigenvalue weighted by molar-refractivity contribution is 7.89. The van der Waals surface area contributed by atoms with Crippen LogP contribution >= 0.6 is 0 Å². The summed E-state index contributed by atoms with van der Waals surface area (Å²) in [6.07, 6.45) is 5.16. The first-order chi connectivity index (χ1) is 13.4. The number of nitrogens with zero attached hydrogens (tertiary/aromatic N) is 4. The number of nitro groups is 1. The lowest BCUT2D eigenvalue weighted by Crippen LogP contribution is -2.34. The van der Waals surface area contributed by atoms with E-state index in [4.69, 9.17) is 0 Å². The van der Waals surface area contributed by atoms with Crippen molar-refractivity contribution in [2.45, 2.75) is 37.5 Å². The number of piperidine rings is 1. The number of hydrogen-bond acceptors (Lipinski definition) is 6. The van der Waals surface area contributed by atoms with Crippen LogP contribution in [0, 0.1) is 10.1 Å². The molecule has 10 heteroatoms. The maximum atomic E-state index is 12.7. The Labute approximate surface area is 164 Å². The predicted molar refractivity (Wildman–Crippen MR) is 106 cm³/mol. The van der Waals surface area contributed by atoms with Crippen molar-refractivity contribution >= 4 is 21.4 Å². The van der Waals surface area contributed by atoms with Gasteiger partial charge in [-0.15, -0.1) is 0 Å². The Kier molecular flexibility index (Phi) is 5.99. The molecule has 3 rings (SSSR count). The number of H-pyrrole nitrogens is 1. The van der Waals surface area contributed by atoms with Crippen molar-refractivity contribution in [3.05, 3.63) is 46.5 Å². The molecular formula is C18H25N5O4S. The summed E-state index contributed by atoms with van der Waals surface area (Å²) >= 11 is 0. The average molecular weight is 407 g/mol. The molecule has 1 aromatic heterocycles. The molecule has 0 amide bonds. The van der Waals surface area contributed by atoms with Gasteiger partial charge in [-0.1, -0.05) is 13.8 Å². The minimum Gasteiger partial charge on any atom is -0.366 e. The van der Waals surface area contributed by atoms with Crippen LogP contribution in [0.3, 0.4) is 0 Å². The number of rotatable bonds is 7. The van der Waals surface area contributed by atoms with E-state index in [2.05, 4.69) is 9.97 Å². The maximum absolute atomic E-state index is 12.7. The van der Waals surface area contributed by atoms with Crippen LogP contribution in [0.15, 0.2) is 35.5 Å². The Morgan fingerprint density at radius 2 is 1.96 bits per heavy atom. The van der Waals surface area contributed by atoms with Crippen LogP contribution in [-0.4, -0.2) is 53.8 Å². The molecule has 1 N–H and O–H groups in total. The number of hydrogen-bond donors (Lipinski definition) is 1. The topological polar surface area (TPSA) is 112 Å². The van der Waals surface area contributed by atoms with Crippen molar-refractivity contribution in [3.8, 4) is 0 Å². The van der Waals surface area contributed by atoms with Gasteiger partial charge in [0, 0.05) is 50.6 Å². The van der Waals surface area contributed by atoms with E-state index in [0.29, 0.717) is 37.8 Å². The van der Waals surface area contributed by atoms with Crippen LogP contribution < -0.4 is 4.90 Å². The molecule has 9 nitrogen and oxygen atoms in total. The molecule has 2 aromatic rings. The van der Waals surface area contributed by atoms with Crippen LogP contribution in [0.1, 0.15) is 38.4 Å². The summed E-state index contributed by atoms with van der Waals surface area (Å²) in [7, 11) is -3.75. The molecule has 0 saturated carbocycles. The summed E-state index contributed by atoms with van der Waals surface area (Å²) in [6, 6.07) is 4.21. The molecule has 1 aromatic carbocycles. The molecule has 2 heterocycles. The number of imidazole rings is 1. The van der Waals surface area contributed by atoms with Gasteiger partial charge >= 0.3 is 0 Å². The van der Waals surface area contributed by atoms with Gasteiger partial charge in [0.15, 0.2) is 0 Å². The zero-order valence-electron chi connectivity index (χ0n) is 16.0. The van der Waals surface area contributed by atoms with Gasteiger partial charge in [0.2, 0.25) is 10.0 Å². The van der Waals surface area contributed by atoms with Gasteiger partial charge in [0.05, 0.1) is 9.82 Å². The van der Waals surface area contributed by atoms with Gasteiger partial charge in [-0.2, -0.15) is 4.31 Å². The van der Waals surface area contributed by atoms with Crippen LogP contribution in [-0.2, 0) is 10.0 Å². The van der Waals surface area contributed by atoms with Gasteiger partial charge < -0.3 is 9.88 Å². The Hall–Kier alpha value is -2.46. The number of sulfonamides is 1. The molecule has 1 aliphatic rings. The first kappa shape index (κ1) is 20.3. The van der Waals surface area contributed by atoms with Crippen molar-refractivity contribution in [2.75, 3.05) is 31.1 Å². The zero-order valence-corrected chi connectivity index (χ0v) is 16.9. The van der Waals surface area contributed by atoms with Crippen molar-refractivity contribution in [1.82, 2.24) is 14.3 Å². The fourth-order valence-corrected chi connectivity index (χ4v) is 5.16. The number of nitrogens with one attached hydrogen (secondary N) is 1. The van der Waals surface area contributed by atoms with Gasteiger partial charge in [-0.05, 0) is 25.0 Å². The summed E-state index contributed by atoms with van der Waals surface area (Å²) in [6.45, 7) is 5.41. The molecular weight excluding hydrogens is 382 g/mol. The highest BCUT2D eigenvalue weighted by atomic mass is 32.2. The largest absolute Gasteiger partial charge is 0.366 e. The van der Waals surface area contributed by atoms with Crippen molar-refractivity contribution in [2.24, 2.45) is 0 Å². The summed E-state index contributed by atoms with van der Waals surface area (Å²) in [5.41, 5.74) is 0.283. The molecule has 0 spiro atoms. The average Bonchev–Trinajstić information content (AvgIpc) is 3.23. The molecule has 0 bridgehead atoms. The van der Waals surface area contributed by atoms with E-state index in [0.717, 1.165) is 18.7 Å². The third kappa shape index (κ3) is 3.88. The second-order valence-electron chi connectivity index (χ2n) is 6.73. The van der Waals surface area contributed by atoms with Crippen molar-refractivity contribution in [1.29, 1.82) is 0 Å². The molecule has 28 heavy (non-hydrogen) atoms. The number of aromatic nitrogens is 2. The fraction of sp³-hybridized carbons (Fsp3) is 0.500. The van der Waals surface area contributed by atoms with Crippen LogP contribution in [0.4, 0.5) is 11.4 Å².